The maximum absolute atomic E-state index is 6.34. The van der Waals surface area contributed by atoms with E-state index in [9.17, 15) is 0 Å². The lowest BCUT2D eigenvalue weighted by Gasteiger charge is -2.32. The zero-order valence-electron chi connectivity index (χ0n) is 13.0. The summed E-state index contributed by atoms with van der Waals surface area (Å²) in [7, 11) is -0.471. The Hall–Kier alpha value is -1.04. The first-order chi connectivity index (χ1) is 9.28. The van der Waals surface area contributed by atoms with Gasteiger partial charge in [0.2, 0.25) is 0 Å². The Kier molecular flexibility index (Phi) is 4.14. The summed E-state index contributed by atoms with van der Waals surface area (Å²) < 4.78 is 17.7. The number of ether oxygens (including phenoxy) is 1. The SMILES string of the molecule is CCOc1ccccc1[C@@H](N)B1OC(C)(C)C(C)(C)O1. The number of rotatable bonds is 4. The molecule has 1 fully saturated rings. The number of hydrogen-bond acceptors (Lipinski definition) is 4. The monoisotopic (exact) mass is 277 g/mol. The van der Waals surface area contributed by atoms with Crippen molar-refractivity contribution in [1.29, 1.82) is 0 Å². The van der Waals surface area contributed by atoms with E-state index in [1.807, 2.05) is 58.9 Å². The molecule has 0 bridgehead atoms. The molecule has 2 N–H and O–H groups in total. The van der Waals surface area contributed by atoms with Crippen LogP contribution in [0.3, 0.4) is 0 Å². The van der Waals surface area contributed by atoms with Gasteiger partial charge in [0.15, 0.2) is 0 Å². The summed E-state index contributed by atoms with van der Waals surface area (Å²) >= 11 is 0. The first-order valence-electron chi connectivity index (χ1n) is 7.11. The molecule has 1 atom stereocenters. The molecule has 0 unspecified atom stereocenters. The molecule has 1 heterocycles. The minimum atomic E-state index is -0.471. The molecule has 1 aromatic rings. The van der Waals surface area contributed by atoms with E-state index in [0.717, 1.165) is 11.3 Å². The van der Waals surface area contributed by atoms with Crippen molar-refractivity contribution in [3.63, 3.8) is 0 Å². The Balaban J connectivity index is 2.23. The predicted octanol–water partition coefficient (Wildman–Crippen LogP) is 2.72. The molecule has 0 aliphatic carbocycles. The molecule has 1 saturated heterocycles. The summed E-state index contributed by atoms with van der Waals surface area (Å²) in [4.78, 5) is 0. The third-order valence-electron chi connectivity index (χ3n) is 4.14. The second-order valence-electron chi connectivity index (χ2n) is 6.12. The topological polar surface area (TPSA) is 53.7 Å². The van der Waals surface area contributed by atoms with Crippen molar-refractivity contribution in [3.05, 3.63) is 29.8 Å². The predicted molar refractivity (Wildman–Crippen MR) is 80.6 cm³/mol. The van der Waals surface area contributed by atoms with Crippen LogP contribution in [0, 0.1) is 0 Å². The van der Waals surface area contributed by atoms with Crippen LogP contribution >= 0.6 is 0 Å². The number of para-hydroxylation sites is 1. The molecule has 0 saturated carbocycles. The van der Waals surface area contributed by atoms with E-state index < -0.39 is 7.12 Å². The van der Waals surface area contributed by atoms with E-state index in [-0.39, 0.29) is 17.1 Å². The molecule has 0 spiro atoms. The minimum absolute atomic E-state index is 0.376. The lowest BCUT2D eigenvalue weighted by atomic mass is 9.74. The molecular weight excluding hydrogens is 253 g/mol. The van der Waals surface area contributed by atoms with Crippen molar-refractivity contribution in [3.8, 4) is 5.75 Å². The van der Waals surface area contributed by atoms with Crippen LogP contribution in [0.2, 0.25) is 0 Å². The van der Waals surface area contributed by atoms with E-state index in [1.54, 1.807) is 0 Å². The van der Waals surface area contributed by atoms with Gasteiger partial charge in [-0.3, -0.25) is 0 Å². The fourth-order valence-electron chi connectivity index (χ4n) is 2.22. The highest BCUT2D eigenvalue weighted by atomic mass is 16.7. The minimum Gasteiger partial charge on any atom is -0.494 e. The Bertz CT molecular complexity index is 460. The van der Waals surface area contributed by atoms with Gasteiger partial charge in [0.05, 0.1) is 23.8 Å². The third-order valence-corrected chi connectivity index (χ3v) is 4.14. The molecule has 1 aliphatic heterocycles. The Morgan fingerprint density at radius 2 is 1.70 bits per heavy atom. The van der Waals surface area contributed by atoms with Gasteiger partial charge in [-0.1, -0.05) is 18.2 Å². The Labute approximate surface area is 121 Å². The van der Waals surface area contributed by atoms with Crippen molar-refractivity contribution in [2.75, 3.05) is 6.61 Å². The van der Waals surface area contributed by atoms with Gasteiger partial charge in [0.1, 0.15) is 5.75 Å². The third kappa shape index (κ3) is 2.71. The van der Waals surface area contributed by atoms with Crippen LogP contribution in [-0.2, 0) is 9.31 Å². The molecule has 110 valence electrons. The van der Waals surface area contributed by atoms with Gasteiger partial charge in [-0.15, -0.1) is 0 Å². The van der Waals surface area contributed by atoms with Gasteiger partial charge in [0.25, 0.3) is 0 Å². The molecule has 1 aromatic carbocycles. The van der Waals surface area contributed by atoms with Gasteiger partial charge in [0, 0.05) is 5.56 Å². The van der Waals surface area contributed by atoms with Gasteiger partial charge < -0.3 is 19.8 Å². The summed E-state index contributed by atoms with van der Waals surface area (Å²) in [6.07, 6.45) is 0. The molecule has 20 heavy (non-hydrogen) atoms. The van der Waals surface area contributed by atoms with Crippen LogP contribution in [0.15, 0.2) is 24.3 Å². The first kappa shape index (κ1) is 15.4. The van der Waals surface area contributed by atoms with Crippen LogP contribution in [0.4, 0.5) is 0 Å². The van der Waals surface area contributed by atoms with Crippen LogP contribution in [0.5, 0.6) is 5.75 Å². The standard InChI is InChI=1S/C15H24BNO3/c1-6-18-12-10-8-7-9-11(12)13(17)16-19-14(2,3)15(4,5)20-16/h7-10,13H,6,17H2,1-5H3/t13-/m1/s1. The highest BCUT2D eigenvalue weighted by Gasteiger charge is 2.53. The quantitative estimate of drug-likeness (QED) is 0.860. The average Bonchev–Trinajstić information content (AvgIpc) is 2.59. The van der Waals surface area contributed by atoms with Crippen molar-refractivity contribution < 1.29 is 14.0 Å². The lowest BCUT2D eigenvalue weighted by molar-refractivity contribution is 0.00578. The van der Waals surface area contributed by atoms with E-state index in [0.29, 0.717) is 6.61 Å². The zero-order valence-corrected chi connectivity index (χ0v) is 13.0. The van der Waals surface area contributed by atoms with Crippen LogP contribution in [-0.4, -0.2) is 24.9 Å². The largest absolute Gasteiger partial charge is 0.494 e. The fraction of sp³-hybridized carbons (Fsp3) is 0.600. The highest BCUT2D eigenvalue weighted by molar-refractivity contribution is 6.47. The van der Waals surface area contributed by atoms with Crippen molar-refractivity contribution in [2.45, 2.75) is 51.8 Å². The van der Waals surface area contributed by atoms with Crippen molar-refractivity contribution >= 4 is 7.12 Å². The second-order valence-corrected chi connectivity index (χ2v) is 6.12. The van der Waals surface area contributed by atoms with Crippen LogP contribution < -0.4 is 10.5 Å². The summed E-state index contributed by atoms with van der Waals surface area (Å²) in [6, 6.07) is 7.76. The second kappa shape index (κ2) is 5.39. The fourth-order valence-corrected chi connectivity index (χ4v) is 2.22. The number of hydrogen-bond donors (Lipinski definition) is 1. The Morgan fingerprint density at radius 1 is 1.15 bits per heavy atom. The molecule has 5 heteroatoms. The smallest absolute Gasteiger partial charge is 0.480 e. The lowest BCUT2D eigenvalue weighted by Crippen LogP contribution is -2.41. The van der Waals surface area contributed by atoms with Gasteiger partial charge >= 0.3 is 7.12 Å². The molecule has 4 nitrogen and oxygen atoms in total. The summed E-state index contributed by atoms with van der Waals surface area (Å²) in [5.74, 6) is 0.413. The van der Waals surface area contributed by atoms with E-state index >= 15 is 0 Å². The maximum atomic E-state index is 6.34. The molecule has 1 aliphatic rings. The molecular formula is C15H24BNO3. The van der Waals surface area contributed by atoms with Gasteiger partial charge in [-0.25, -0.2) is 0 Å². The van der Waals surface area contributed by atoms with Crippen LogP contribution in [0.1, 0.15) is 46.1 Å². The average molecular weight is 277 g/mol. The highest BCUT2D eigenvalue weighted by Crippen LogP contribution is 2.40. The van der Waals surface area contributed by atoms with Gasteiger partial charge in [-0.05, 0) is 40.7 Å². The summed E-state index contributed by atoms with van der Waals surface area (Å²) in [6.45, 7) is 10.6. The Morgan fingerprint density at radius 3 is 2.25 bits per heavy atom. The molecule has 0 radical (unpaired) electrons. The zero-order chi connectivity index (χ0) is 15.0. The van der Waals surface area contributed by atoms with Crippen molar-refractivity contribution in [2.24, 2.45) is 5.73 Å². The van der Waals surface area contributed by atoms with E-state index in [4.69, 9.17) is 19.8 Å². The normalized spacial score (nSPS) is 21.8. The maximum Gasteiger partial charge on any atom is 0.480 e. The molecule has 2 rings (SSSR count). The van der Waals surface area contributed by atoms with E-state index in [2.05, 4.69) is 0 Å². The van der Waals surface area contributed by atoms with E-state index in [1.165, 1.54) is 0 Å². The summed E-state index contributed by atoms with van der Waals surface area (Å²) in [5, 5.41) is 0. The first-order valence-corrected chi connectivity index (χ1v) is 7.11. The summed E-state index contributed by atoms with van der Waals surface area (Å²) in [5.41, 5.74) is 6.50. The van der Waals surface area contributed by atoms with Crippen LogP contribution in [0.25, 0.3) is 0 Å². The molecule has 0 amide bonds. The van der Waals surface area contributed by atoms with Crippen molar-refractivity contribution in [1.82, 2.24) is 0 Å². The van der Waals surface area contributed by atoms with Gasteiger partial charge in [-0.2, -0.15) is 0 Å². The number of benzene rings is 1. The molecule has 0 aromatic heterocycles. The number of nitrogens with two attached hydrogens (primary N) is 1.